The average molecular weight is 306 g/mol. The molecule has 1 aromatic rings. The first-order chi connectivity index (χ1) is 8.84. The van der Waals surface area contributed by atoms with Crippen LogP contribution in [0.3, 0.4) is 0 Å². The van der Waals surface area contributed by atoms with Crippen molar-refractivity contribution in [3.8, 4) is 5.75 Å². The summed E-state index contributed by atoms with van der Waals surface area (Å²) in [7, 11) is 1.51. The highest BCUT2D eigenvalue weighted by Gasteiger charge is 2.12. The number of nitrogens with one attached hydrogen (secondary N) is 1. The molecule has 0 spiro atoms. The standard InChI is InChI=1S/C12H16ClNO4S/c1-3-14-12(15)6-7-18-11-5-4-10(8-9(11)2)19(13,16)17/h4-5,8H,3,6-7H2,1-2H3,(H,14,15). The van der Waals surface area contributed by atoms with E-state index in [1.807, 2.05) is 6.92 Å². The second kappa shape index (κ2) is 6.77. The van der Waals surface area contributed by atoms with Crippen molar-refractivity contribution in [1.29, 1.82) is 0 Å². The summed E-state index contributed by atoms with van der Waals surface area (Å²) in [4.78, 5) is 11.2. The van der Waals surface area contributed by atoms with Gasteiger partial charge >= 0.3 is 0 Å². The molecule has 0 aliphatic carbocycles. The molecule has 0 fully saturated rings. The van der Waals surface area contributed by atoms with Crippen LogP contribution in [-0.4, -0.2) is 27.5 Å². The number of hydrogen-bond acceptors (Lipinski definition) is 4. The zero-order chi connectivity index (χ0) is 14.5. The summed E-state index contributed by atoms with van der Waals surface area (Å²) in [5.74, 6) is 0.452. The van der Waals surface area contributed by atoms with Gasteiger partial charge < -0.3 is 10.1 Å². The Balaban J connectivity index is 2.64. The van der Waals surface area contributed by atoms with Crippen molar-refractivity contribution in [3.05, 3.63) is 23.8 Å². The van der Waals surface area contributed by atoms with E-state index in [1.165, 1.54) is 18.2 Å². The molecule has 0 radical (unpaired) electrons. The van der Waals surface area contributed by atoms with E-state index in [-0.39, 0.29) is 23.8 Å². The van der Waals surface area contributed by atoms with E-state index >= 15 is 0 Å². The topological polar surface area (TPSA) is 72.5 Å². The molecule has 1 aromatic carbocycles. The van der Waals surface area contributed by atoms with Crippen LogP contribution in [0.1, 0.15) is 18.9 Å². The summed E-state index contributed by atoms with van der Waals surface area (Å²) in [6.45, 7) is 4.38. The minimum absolute atomic E-state index is 0.0303. The van der Waals surface area contributed by atoms with Crippen LogP contribution >= 0.6 is 10.7 Å². The van der Waals surface area contributed by atoms with Gasteiger partial charge in [0.15, 0.2) is 0 Å². The number of hydrogen-bond donors (Lipinski definition) is 1. The van der Waals surface area contributed by atoms with Crippen molar-refractivity contribution in [2.75, 3.05) is 13.2 Å². The lowest BCUT2D eigenvalue weighted by Gasteiger charge is -2.09. The minimum Gasteiger partial charge on any atom is -0.493 e. The smallest absolute Gasteiger partial charge is 0.261 e. The van der Waals surface area contributed by atoms with Gasteiger partial charge in [-0.2, -0.15) is 0 Å². The van der Waals surface area contributed by atoms with Crippen molar-refractivity contribution >= 4 is 25.6 Å². The van der Waals surface area contributed by atoms with Gasteiger partial charge in [0.1, 0.15) is 5.75 Å². The number of halogens is 1. The Morgan fingerprint density at radius 3 is 2.63 bits per heavy atom. The van der Waals surface area contributed by atoms with Gasteiger partial charge in [-0.3, -0.25) is 4.79 Å². The predicted molar refractivity (Wildman–Crippen MR) is 73.0 cm³/mol. The molecule has 5 nitrogen and oxygen atoms in total. The monoisotopic (exact) mass is 305 g/mol. The van der Waals surface area contributed by atoms with Crippen molar-refractivity contribution < 1.29 is 17.9 Å². The molecule has 1 N–H and O–H groups in total. The number of carbonyl (C=O) groups excluding carboxylic acids is 1. The molecule has 19 heavy (non-hydrogen) atoms. The van der Waals surface area contributed by atoms with Crippen molar-refractivity contribution in [3.63, 3.8) is 0 Å². The largest absolute Gasteiger partial charge is 0.493 e. The van der Waals surface area contributed by atoms with Crippen LogP contribution in [0.2, 0.25) is 0 Å². The second-order valence-corrected chi connectivity index (χ2v) is 6.48. The number of rotatable bonds is 6. The van der Waals surface area contributed by atoms with Crippen molar-refractivity contribution in [2.24, 2.45) is 0 Å². The average Bonchev–Trinajstić information content (AvgIpc) is 2.30. The fourth-order valence-electron chi connectivity index (χ4n) is 1.47. The van der Waals surface area contributed by atoms with Crippen molar-refractivity contribution in [2.45, 2.75) is 25.2 Å². The fraction of sp³-hybridized carbons (Fsp3) is 0.417. The van der Waals surface area contributed by atoms with E-state index in [4.69, 9.17) is 15.4 Å². The molecule has 0 unspecified atom stereocenters. The quantitative estimate of drug-likeness (QED) is 0.814. The molecule has 0 aromatic heterocycles. The Morgan fingerprint density at radius 2 is 2.11 bits per heavy atom. The lowest BCUT2D eigenvalue weighted by atomic mass is 10.2. The molecule has 106 valence electrons. The normalized spacial score (nSPS) is 11.1. The van der Waals surface area contributed by atoms with Crippen LogP contribution in [0.4, 0.5) is 0 Å². The summed E-state index contributed by atoms with van der Waals surface area (Å²) in [5.41, 5.74) is 0.651. The zero-order valence-corrected chi connectivity index (χ0v) is 12.3. The molecule has 0 saturated carbocycles. The highest BCUT2D eigenvalue weighted by Crippen LogP contribution is 2.23. The minimum atomic E-state index is -3.73. The van der Waals surface area contributed by atoms with Crippen molar-refractivity contribution in [1.82, 2.24) is 5.32 Å². The number of amides is 1. The molecule has 0 bridgehead atoms. The molecule has 0 aliphatic heterocycles. The van der Waals surface area contributed by atoms with Crippen LogP contribution in [0.5, 0.6) is 5.75 Å². The number of aryl methyl sites for hydroxylation is 1. The fourth-order valence-corrected chi connectivity index (χ4v) is 2.31. The molecule has 7 heteroatoms. The predicted octanol–water partition coefficient (Wildman–Crippen LogP) is 1.83. The Morgan fingerprint density at radius 1 is 1.42 bits per heavy atom. The molecule has 0 aliphatic rings. The van der Waals surface area contributed by atoms with Gasteiger partial charge in [0.25, 0.3) is 9.05 Å². The zero-order valence-electron chi connectivity index (χ0n) is 10.8. The Bertz CT molecular complexity index is 557. The molecule has 0 saturated heterocycles. The molecule has 1 amide bonds. The van der Waals surface area contributed by atoms with E-state index in [0.29, 0.717) is 17.9 Å². The van der Waals surface area contributed by atoms with E-state index in [9.17, 15) is 13.2 Å². The first-order valence-corrected chi connectivity index (χ1v) is 8.10. The third kappa shape index (κ3) is 5.08. The maximum atomic E-state index is 11.2. The first kappa shape index (κ1) is 15.8. The van der Waals surface area contributed by atoms with E-state index in [2.05, 4.69) is 5.32 Å². The first-order valence-electron chi connectivity index (χ1n) is 5.79. The van der Waals surface area contributed by atoms with Gasteiger partial charge in [-0.15, -0.1) is 0 Å². The van der Waals surface area contributed by atoms with Gasteiger partial charge in [-0.1, -0.05) is 0 Å². The highest BCUT2D eigenvalue weighted by molar-refractivity contribution is 8.13. The lowest BCUT2D eigenvalue weighted by molar-refractivity contribution is -0.121. The lowest BCUT2D eigenvalue weighted by Crippen LogP contribution is -2.24. The molecule has 0 heterocycles. The maximum absolute atomic E-state index is 11.2. The highest BCUT2D eigenvalue weighted by atomic mass is 35.7. The molecule has 0 atom stereocenters. The van der Waals surface area contributed by atoms with Gasteiger partial charge in [-0.25, -0.2) is 8.42 Å². The van der Waals surface area contributed by atoms with Gasteiger partial charge in [-0.05, 0) is 37.6 Å². The van der Waals surface area contributed by atoms with Crippen LogP contribution in [-0.2, 0) is 13.8 Å². The molecular weight excluding hydrogens is 290 g/mol. The van der Waals surface area contributed by atoms with Gasteiger partial charge in [0, 0.05) is 17.2 Å². The molecule has 1 rings (SSSR count). The van der Waals surface area contributed by atoms with E-state index < -0.39 is 9.05 Å². The Hall–Kier alpha value is -1.27. The SMILES string of the molecule is CCNC(=O)CCOc1ccc(S(=O)(=O)Cl)cc1C. The van der Waals surface area contributed by atoms with E-state index in [1.54, 1.807) is 6.92 Å². The summed E-state index contributed by atoms with van der Waals surface area (Å²) in [6, 6.07) is 4.34. The van der Waals surface area contributed by atoms with Crippen LogP contribution in [0, 0.1) is 6.92 Å². The number of ether oxygens (including phenoxy) is 1. The third-order valence-corrected chi connectivity index (χ3v) is 3.74. The number of benzene rings is 1. The summed E-state index contributed by atoms with van der Waals surface area (Å²) < 4.78 is 27.7. The van der Waals surface area contributed by atoms with Crippen LogP contribution < -0.4 is 10.1 Å². The Kier molecular flexibility index (Phi) is 5.62. The second-order valence-electron chi connectivity index (χ2n) is 3.92. The Labute approximate surface area is 117 Å². The van der Waals surface area contributed by atoms with Gasteiger partial charge in [0.05, 0.1) is 17.9 Å². The number of carbonyl (C=O) groups is 1. The summed E-state index contributed by atoms with van der Waals surface area (Å²) >= 11 is 0. The summed E-state index contributed by atoms with van der Waals surface area (Å²) in [6.07, 6.45) is 0.253. The van der Waals surface area contributed by atoms with E-state index in [0.717, 1.165) is 0 Å². The molecular formula is C12H16ClNO4S. The van der Waals surface area contributed by atoms with Crippen LogP contribution in [0.25, 0.3) is 0 Å². The maximum Gasteiger partial charge on any atom is 0.261 e. The van der Waals surface area contributed by atoms with Gasteiger partial charge in [0.2, 0.25) is 5.91 Å². The van der Waals surface area contributed by atoms with Crippen LogP contribution in [0.15, 0.2) is 23.1 Å². The summed E-state index contributed by atoms with van der Waals surface area (Å²) in [5, 5.41) is 2.66. The third-order valence-electron chi connectivity index (χ3n) is 2.39.